The first-order valence-corrected chi connectivity index (χ1v) is 9.59. The van der Waals surface area contributed by atoms with Crippen molar-refractivity contribution in [3.8, 4) is 0 Å². The molecule has 0 saturated heterocycles. The summed E-state index contributed by atoms with van der Waals surface area (Å²) in [6, 6.07) is 0. The van der Waals surface area contributed by atoms with Crippen LogP contribution < -0.4 is 0 Å². The molecule has 0 bridgehead atoms. The van der Waals surface area contributed by atoms with Gasteiger partial charge in [0.1, 0.15) is 6.29 Å². The van der Waals surface area contributed by atoms with E-state index < -0.39 is 0 Å². The van der Waals surface area contributed by atoms with Crippen LogP contribution in [0.2, 0.25) is 0 Å². The highest BCUT2D eigenvalue weighted by Crippen LogP contribution is 2.07. The average molecular weight is 360 g/mol. The molecular formula is C22H33NO3. The minimum atomic E-state index is -0.301. The van der Waals surface area contributed by atoms with Crippen LogP contribution in [0.5, 0.6) is 0 Å². The molecule has 0 aromatic rings. The van der Waals surface area contributed by atoms with Gasteiger partial charge in [0, 0.05) is 6.42 Å². The zero-order chi connectivity index (χ0) is 19.3. The zero-order valence-electron chi connectivity index (χ0n) is 16.0. The van der Waals surface area contributed by atoms with Crippen molar-refractivity contribution in [1.82, 2.24) is 0 Å². The molecule has 0 aromatic heterocycles. The highest BCUT2D eigenvalue weighted by Gasteiger charge is 2.06. The quantitative estimate of drug-likeness (QED) is 0.104. The van der Waals surface area contributed by atoms with Gasteiger partial charge in [-0.25, -0.2) is 0 Å². The Labute approximate surface area is 158 Å². The van der Waals surface area contributed by atoms with Crippen LogP contribution in [0, 0.1) is 10.1 Å². The topological polar surface area (TPSA) is 60.2 Å². The summed E-state index contributed by atoms with van der Waals surface area (Å²) in [5.74, 6) is 0. The van der Waals surface area contributed by atoms with E-state index in [1.165, 1.54) is 0 Å². The number of nitrogens with zero attached hydrogens (tertiary/aromatic N) is 1. The Morgan fingerprint density at radius 3 is 2.12 bits per heavy atom. The Balaban J connectivity index is 3.97. The van der Waals surface area contributed by atoms with Gasteiger partial charge in [-0.2, -0.15) is 0 Å². The number of allylic oxidation sites excluding steroid dienone is 9. The zero-order valence-corrected chi connectivity index (χ0v) is 16.0. The Morgan fingerprint density at radius 1 is 0.808 bits per heavy atom. The Kier molecular flexibility index (Phi) is 17.5. The lowest BCUT2D eigenvalue weighted by atomic mass is 10.1. The summed E-state index contributed by atoms with van der Waals surface area (Å²) in [5.41, 5.74) is 0.247. The predicted molar refractivity (Wildman–Crippen MR) is 110 cm³/mol. The van der Waals surface area contributed by atoms with Crippen LogP contribution >= 0.6 is 0 Å². The van der Waals surface area contributed by atoms with E-state index in [9.17, 15) is 14.9 Å². The van der Waals surface area contributed by atoms with Crippen LogP contribution in [0.1, 0.15) is 71.1 Å². The normalized spacial score (nSPS) is 12.9. The van der Waals surface area contributed by atoms with E-state index in [1.807, 2.05) is 24.3 Å². The van der Waals surface area contributed by atoms with Gasteiger partial charge in [-0.1, -0.05) is 62.0 Å². The van der Waals surface area contributed by atoms with Crippen LogP contribution in [0.4, 0.5) is 0 Å². The molecule has 26 heavy (non-hydrogen) atoms. The molecule has 144 valence electrons. The van der Waals surface area contributed by atoms with E-state index in [0.717, 1.165) is 51.2 Å². The average Bonchev–Trinajstić information content (AvgIpc) is 2.63. The summed E-state index contributed by atoms with van der Waals surface area (Å²) in [7, 11) is 0. The minimum Gasteiger partial charge on any atom is -0.303 e. The summed E-state index contributed by atoms with van der Waals surface area (Å²) >= 11 is 0. The van der Waals surface area contributed by atoms with Crippen molar-refractivity contribution in [1.29, 1.82) is 0 Å². The number of rotatable bonds is 16. The van der Waals surface area contributed by atoms with E-state index in [2.05, 4.69) is 31.2 Å². The number of hydrogen-bond donors (Lipinski definition) is 0. The van der Waals surface area contributed by atoms with Gasteiger partial charge in [0.15, 0.2) is 0 Å². The van der Waals surface area contributed by atoms with Crippen molar-refractivity contribution in [3.63, 3.8) is 0 Å². The third-order valence-corrected chi connectivity index (χ3v) is 3.69. The molecule has 0 heterocycles. The van der Waals surface area contributed by atoms with Gasteiger partial charge in [-0.05, 0) is 51.0 Å². The van der Waals surface area contributed by atoms with Crippen LogP contribution in [0.25, 0.3) is 0 Å². The van der Waals surface area contributed by atoms with E-state index in [1.54, 1.807) is 6.08 Å². The minimum absolute atomic E-state index is 0.247. The van der Waals surface area contributed by atoms with Gasteiger partial charge in [0.2, 0.25) is 5.70 Å². The van der Waals surface area contributed by atoms with Crippen LogP contribution in [0.3, 0.4) is 0 Å². The lowest BCUT2D eigenvalue weighted by Gasteiger charge is -1.94. The first kappa shape index (κ1) is 23.8. The first-order valence-electron chi connectivity index (χ1n) is 9.59. The van der Waals surface area contributed by atoms with Crippen LogP contribution in [0.15, 0.2) is 60.4 Å². The lowest BCUT2D eigenvalue weighted by Crippen LogP contribution is -1.97. The molecule has 4 nitrogen and oxygen atoms in total. The number of carbonyl (C=O) groups is 1. The smallest absolute Gasteiger partial charge is 0.246 e. The molecule has 0 aliphatic rings. The molecule has 0 aliphatic carbocycles. The molecule has 0 saturated carbocycles. The van der Waals surface area contributed by atoms with E-state index in [-0.39, 0.29) is 10.6 Å². The largest absolute Gasteiger partial charge is 0.303 e. The SMILES string of the molecule is CC/C=C/C/C=C/C/C(=C/C/C=C/C/C=C/CCCCCC=O)[N+](=O)[O-]. The predicted octanol–water partition coefficient (Wildman–Crippen LogP) is 6.49. The van der Waals surface area contributed by atoms with Crippen molar-refractivity contribution in [2.45, 2.75) is 71.1 Å². The summed E-state index contributed by atoms with van der Waals surface area (Å²) in [6.07, 6.45) is 27.4. The Bertz CT molecular complexity index is 513. The third-order valence-electron chi connectivity index (χ3n) is 3.69. The molecule has 0 unspecified atom stereocenters. The second kappa shape index (κ2) is 19.1. The monoisotopic (exact) mass is 359 g/mol. The van der Waals surface area contributed by atoms with E-state index in [0.29, 0.717) is 19.3 Å². The first-order chi connectivity index (χ1) is 12.7. The molecule has 0 aromatic carbocycles. The Hall–Kier alpha value is -2.23. The standard InChI is InChI=1S/C22H33NO3/c1-2-3-4-5-13-16-19-22(23(25)26)20-17-14-11-9-7-6-8-10-12-15-18-21-24/h3-4,6-7,11,13-14,16,20-21H,2,5,8-10,12,15,17-19H2,1H3/b4-3+,7-6+,14-11+,16-13+,22-20-. The number of hydrogen-bond acceptors (Lipinski definition) is 3. The Morgan fingerprint density at radius 2 is 1.42 bits per heavy atom. The fraction of sp³-hybridized carbons (Fsp3) is 0.500. The molecule has 0 rings (SSSR count). The van der Waals surface area contributed by atoms with Crippen molar-refractivity contribution >= 4 is 6.29 Å². The molecule has 0 atom stereocenters. The fourth-order valence-electron chi connectivity index (χ4n) is 2.23. The molecule has 0 fully saturated rings. The molecule has 0 N–H and O–H groups in total. The van der Waals surface area contributed by atoms with Crippen molar-refractivity contribution in [2.24, 2.45) is 0 Å². The van der Waals surface area contributed by atoms with Gasteiger partial charge >= 0.3 is 0 Å². The second-order valence-corrected chi connectivity index (χ2v) is 5.96. The summed E-state index contributed by atoms with van der Waals surface area (Å²) in [4.78, 5) is 20.9. The molecule has 0 radical (unpaired) electrons. The maximum absolute atomic E-state index is 11.0. The molecule has 0 spiro atoms. The number of unbranched alkanes of at least 4 members (excludes halogenated alkanes) is 4. The number of aldehydes is 1. The van der Waals surface area contributed by atoms with Gasteiger partial charge in [0.05, 0.1) is 11.3 Å². The second-order valence-electron chi connectivity index (χ2n) is 5.96. The fourth-order valence-corrected chi connectivity index (χ4v) is 2.23. The van der Waals surface area contributed by atoms with E-state index >= 15 is 0 Å². The van der Waals surface area contributed by atoms with Gasteiger partial charge in [-0.3, -0.25) is 10.1 Å². The van der Waals surface area contributed by atoms with Crippen molar-refractivity contribution in [3.05, 3.63) is 70.5 Å². The summed E-state index contributed by atoms with van der Waals surface area (Å²) < 4.78 is 0. The third kappa shape index (κ3) is 16.6. The van der Waals surface area contributed by atoms with Crippen LogP contribution in [-0.4, -0.2) is 11.2 Å². The summed E-state index contributed by atoms with van der Waals surface area (Å²) in [6.45, 7) is 2.08. The number of nitro groups is 1. The maximum Gasteiger partial charge on any atom is 0.246 e. The molecular weight excluding hydrogens is 326 g/mol. The van der Waals surface area contributed by atoms with Crippen molar-refractivity contribution < 1.29 is 9.72 Å². The molecule has 0 amide bonds. The van der Waals surface area contributed by atoms with E-state index in [4.69, 9.17) is 0 Å². The number of carbonyl (C=O) groups excluding carboxylic acids is 1. The van der Waals surface area contributed by atoms with Gasteiger partial charge in [-0.15, -0.1) is 0 Å². The van der Waals surface area contributed by atoms with Crippen molar-refractivity contribution in [2.75, 3.05) is 0 Å². The van der Waals surface area contributed by atoms with Gasteiger partial charge < -0.3 is 4.79 Å². The summed E-state index contributed by atoms with van der Waals surface area (Å²) in [5, 5.41) is 11.0. The molecule has 0 aliphatic heterocycles. The maximum atomic E-state index is 11.0. The van der Waals surface area contributed by atoms with Gasteiger partial charge in [0.25, 0.3) is 0 Å². The highest BCUT2D eigenvalue weighted by atomic mass is 16.6. The highest BCUT2D eigenvalue weighted by molar-refractivity contribution is 5.48. The van der Waals surface area contributed by atoms with Crippen LogP contribution in [-0.2, 0) is 4.79 Å². The molecule has 4 heteroatoms. The lowest BCUT2D eigenvalue weighted by molar-refractivity contribution is -0.427.